The van der Waals surface area contributed by atoms with Crippen molar-refractivity contribution in [3.8, 4) is 0 Å². The molecule has 0 atom stereocenters. The Morgan fingerprint density at radius 3 is 1.89 bits per heavy atom. The highest BCUT2D eigenvalue weighted by Crippen LogP contribution is 2.23. The number of fused-ring (bicyclic) bond motifs is 4. The van der Waals surface area contributed by atoms with Crippen LogP contribution in [0.25, 0.3) is 32.6 Å². The molecular formula is C24H19N3O. The molecule has 0 fully saturated rings. The molecule has 4 nitrogen and oxygen atoms in total. The van der Waals surface area contributed by atoms with Gasteiger partial charge in [-0.25, -0.2) is 9.97 Å². The summed E-state index contributed by atoms with van der Waals surface area (Å²) in [5, 5.41) is 4.97. The van der Waals surface area contributed by atoms with Gasteiger partial charge in [0.15, 0.2) is 12.0 Å². The quantitative estimate of drug-likeness (QED) is 0.347. The molecule has 4 aromatic carbocycles. The van der Waals surface area contributed by atoms with Crippen LogP contribution >= 0.6 is 0 Å². The maximum absolute atomic E-state index is 5.21. The van der Waals surface area contributed by atoms with E-state index in [0.29, 0.717) is 0 Å². The van der Waals surface area contributed by atoms with E-state index < -0.39 is 0 Å². The molecule has 2 aromatic heterocycles. The molecule has 6 rings (SSSR count). The average molecular weight is 365 g/mol. The molecule has 0 bridgehead atoms. The number of aromatic nitrogens is 3. The van der Waals surface area contributed by atoms with Gasteiger partial charge in [-0.3, -0.25) is 0 Å². The Morgan fingerprint density at radius 1 is 0.679 bits per heavy atom. The molecule has 4 heteroatoms. The van der Waals surface area contributed by atoms with Gasteiger partial charge < -0.3 is 9.40 Å². The van der Waals surface area contributed by atoms with Crippen LogP contribution in [0.2, 0.25) is 0 Å². The Hall–Kier alpha value is -3.92. The Balaban J connectivity index is 0.000000113. The molecule has 0 unspecified atom stereocenters. The second-order valence-corrected chi connectivity index (χ2v) is 6.09. The summed E-state index contributed by atoms with van der Waals surface area (Å²) in [4.78, 5) is 10.6. The normalized spacial score (nSPS) is 10.1. The second-order valence-electron chi connectivity index (χ2n) is 6.09. The van der Waals surface area contributed by atoms with Crippen molar-refractivity contribution in [2.75, 3.05) is 0 Å². The fourth-order valence-electron chi connectivity index (χ4n) is 2.95. The van der Waals surface area contributed by atoms with Crippen LogP contribution in [0.1, 0.15) is 0 Å². The minimum Gasteiger partial charge on any atom is -0.443 e. The molecule has 28 heavy (non-hydrogen) atoms. The van der Waals surface area contributed by atoms with Crippen molar-refractivity contribution in [1.82, 2.24) is 15.0 Å². The van der Waals surface area contributed by atoms with Gasteiger partial charge >= 0.3 is 0 Å². The summed E-state index contributed by atoms with van der Waals surface area (Å²) in [5.74, 6) is 0. The standard InChI is InChI=1S/C11H7NO.C10H8.C3H4N2/c1-2-4-9-8(3-1)5-6-10-11(9)12-7-13-10;1-2-6-10-8-4-3-7-9(10)5-1;1-2-5-3-4-1/h1-7H;1-8H;1-3H,(H,4,5). The summed E-state index contributed by atoms with van der Waals surface area (Å²) in [7, 11) is 0. The van der Waals surface area contributed by atoms with Gasteiger partial charge in [0, 0.05) is 17.8 Å². The van der Waals surface area contributed by atoms with Crippen LogP contribution in [-0.2, 0) is 0 Å². The lowest BCUT2D eigenvalue weighted by Crippen LogP contribution is -1.73. The summed E-state index contributed by atoms with van der Waals surface area (Å²) in [6.45, 7) is 0. The Labute approximate surface area is 162 Å². The van der Waals surface area contributed by atoms with Crippen LogP contribution in [0, 0.1) is 0 Å². The third kappa shape index (κ3) is 4.07. The molecule has 0 radical (unpaired) electrons. The smallest absolute Gasteiger partial charge is 0.182 e. The van der Waals surface area contributed by atoms with Crippen molar-refractivity contribution in [3.63, 3.8) is 0 Å². The minimum absolute atomic E-state index is 0.846. The maximum Gasteiger partial charge on any atom is 0.182 e. The number of benzene rings is 4. The predicted octanol–water partition coefficient (Wildman–Crippen LogP) is 6.23. The number of nitrogens with one attached hydrogen (secondary N) is 1. The third-order valence-electron chi connectivity index (χ3n) is 4.29. The van der Waals surface area contributed by atoms with E-state index in [9.17, 15) is 0 Å². The third-order valence-corrected chi connectivity index (χ3v) is 4.29. The maximum atomic E-state index is 5.21. The number of oxazole rings is 1. The SMILES string of the molecule is c1c[nH]cn1.c1ccc2c(c1)ccc1ocnc12.c1ccc2ccccc2c1. The van der Waals surface area contributed by atoms with E-state index in [1.807, 2.05) is 24.3 Å². The number of nitrogens with zero attached hydrogens (tertiary/aromatic N) is 2. The highest BCUT2D eigenvalue weighted by Gasteiger charge is 2.02. The monoisotopic (exact) mass is 365 g/mol. The summed E-state index contributed by atoms with van der Waals surface area (Å²) in [5.41, 5.74) is 1.79. The number of rotatable bonds is 0. The van der Waals surface area contributed by atoms with E-state index in [1.165, 1.54) is 22.6 Å². The largest absolute Gasteiger partial charge is 0.443 e. The van der Waals surface area contributed by atoms with Gasteiger partial charge in [-0.05, 0) is 22.2 Å². The minimum atomic E-state index is 0.846. The molecule has 6 aromatic rings. The van der Waals surface area contributed by atoms with E-state index in [0.717, 1.165) is 16.5 Å². The van der Waals surface area contributed by atoms with E-state index in [2.05, 4.69) is 75.6 Å². The Morgan fingerprint density at radius 2 is 1.32 bits per heavy atom. The Kier molecular flexibility index (Phi) is 5.40. The van der Waals surface area contributed by atoms with Gasteiger partial charge in [-0.15, -0.1) is 0 Å². The van der Waals surface area contributed by atoms with Gasteiger partial charge in [0.1, 0.15) is 5.52 Å². The number of hydrogen-bond acceptors (Lipinski definition) is 3. The number of hydrogen-bond donors (Lipinski definition) is 1. The number of imidazole rings is 1. The number of H-pyrrole nitrogens is 1. The lowest BCUT2D eigenvalue weighted by atomic mass is 10.1. The highest BCUT2D eigenvalue weighted by molar-refractivity contribution is 6.03. The van der Waals surface area contributed by atoms with Crippen molar-refractivity contribution >= 4 is 32.6 Å². The van der Waals surface area contributed by atoms with Gasteiger partial charge in [0.2, 0.25) is 0 Å². The second kappa shape index (κ2) is 8.64. The first-order valence-corrected chi connectivity index (χ1v) is 8.99. The zero-order valence-electron chi connectivity index (χ0n) is 15.2. The van der Waals surface area contributed by atoms with E-state index in [-0.39, 0.29) is 0 Å². The number of aromatic amines is 1. The molecule has 0 aliphatic carbocycles. The lowest BCUT2D eigenvalue weighted by molar-refractivity contribution is 0.602. The molecule has 0 spiro atoms. The summed E-state index contributed by atoms with van der Waals surface area (Å²) in [6, 6.07) is 28.9. The van der Waals surface area contributed by atoms with E-state index >= 15 is 0 Å². The molecule has 0 aliphatic heterocycles. The first kappa shape index (κ1) is 17.5. The van der Waals surface area contributed by atoms with Crippen LogP contribution in [-0.4, -0.2) is 15.0 Å². The summed E-state index contributed by atoms with van der Waals surface area (Å²) < 4.78 is 5.21. The molecule has 136 valence electrons. The van der Waals surface area contributed by atoms with Gasteiger partial charge in [-0.1, -0.05) is 78.9 Å². The Bertz CT molecular complexity index is 1190. The van der Waals surface area contributed by atoms with Crippen LogP contribution in [0.4, 0.5) is 0 Å². The summed E-state index contributed by atoms with van der Waals surface area (Å²) in [6.07, 6.45) is 6.57. The predicted molar refractivity (Wildman–Crippen MR) is 114 cm³/mol. The molecule has 0 saturated carbocycles. The fourth-order valence-corrected chi connectivity index (χ4v) is 2.95. The molecule has 0 amide bonds. The van der Waals surface area contributed by atoms with Crippen molar-refractivity contribution < 1.29 is 4.42 Å². The van der Waals surface area contributed by atoms with Crippen LogP contribution in [0.3, 0.4) is 0 Å². The van der Waals surface area contributed by atoms with Crippen molar-refractivity contribution in [3.05, 3.63) is 110 Å². The first-order valence-electron chi connectivity index (χ1n) is 8.99. The molecule has 0 aliphatic rings. The highest BCUT2D eigenvalue weighted by atomic mass is 16.3. The first-order chi connectivity index (χ1) is 13.9. The van der Waals surface area contributed by atoms with Crippen molar-refractivity contribution in [2.45, 2.75) is 0 Å². The van der Waals surface area contributed by atoms with Crippen molar-refractivity contribution in [1.29, 1.82) is 0 Å². The van der Waals surface area contributed by atoms with Crippen LogP contribution in [0.15, 0.2) is 114 Å². The van der Waals surface area contributed by atoms with Gasteiger partial charge in [0.25, 0.3) is 0 Å². The van der Waals surface area contributed by atoms with Crippen LogP contribution < -0.4 is 0 Å². The molecule has 0 saturated heterocycles. The van der Waals surface area contributed by atoms with Crippen molar-refractivity contribution in [2.24, 2.45) is 0 Å². The molecular weight excluding hydrogens is 346 g/mol. The van der Waals surface area contributed by atoms with Gasteiger partial charge in [-0.2, -0.15) is 0 Å². The van der Waals surface area contributed by atoms with Gasteiger partial charge in [0.05, 0.1) is 6.33 Å². The van der Waals surface area contributed by atoms with E-state index in [1.54, 1.807) is 18.7 Å². The van der Waals surface area contributed by atoms with Crippen LogP contribution in [0.5, 0.6) is 0 Å². The summed E-state index contributed by atoms with van der Waals surface area (Å²) >= 11 is 0. The molecule has 2 heterocycles. The zero-order chi connectivity index (χ0) is 19.0. The topological polar surface area (TPSA) is 54.7 Å². The van der Waals surface area contributed by atoms with E-state index in [4.69, 9.17) is 4.42 Å². The lowest BCUT2D eigenvalue weighted by Gasteiger charge is -1.95. The fraction of sp³-hybridized carbons (Fsp3) is 0. The average Bonchev–Trinajstić information content (AvgIpc) is 3.49. The zero-order valence-corrected chi connectivity index (χ0v) is 15.2. The molecule has 1 N–H and O–H groups in total.